The van der Waals surface area contributed by atoms with Gasteiger partial charge in [-0.25, -0.2) is 8.42 Å². The summed E-state index contributed by atoms with van der Waals surface area (Å²) >= 11 is 0. The van der Waals surface area contributed by atoms with Crippen molar-refractivity contribution in [3.8, 4) is 0 Å². The van der Waals surface area contributed by atoms with Crippen LogP contribution in [0.25, 0.3) is 0 Å². The normalized spacial score (nSPS) is 19.5. The first-order valence-electron chi connectivity index (χ1n) is 9.09. The molecule has 0 saturated carbocycles. The van der Waals surface area contributed by atoms with E-state index in [1.807, 2.05) is 0 Å². The minimum Gasteiger partial charge on any atom is -0.341 e. The van der Waals surface area contributed by atoms with E-state index in [4.69, 9.17) is 0 Å². The number of nitrogens with one attached hydrogen (secondary N) is 1. The molecule has 7 nitrogen and oxygen atoms in total. The molecular weight excluding hydrogens is 354 g/mol. The van der Waals surface area contributed by atoms with Crippen molar-refractivity contribution in [2.75, 3.05) is 26.2 Å². The van der Waals surface area contributed by atoms with Gasteiger partial charge in [0.15, 0.2) is 0 Å². The molecule has 2 fully saturated rings. The maximum Gasteiger partial charge on any atom is 0.251 e. The highest BCUT2D eigenvalue weighted by molar-refractivity contribution is 7.89. The Hall–Kier alpha value is -1.93. The minimum atomic E-state index is -3.49. The molecule has 2 aliphatic rings. The summed E-state index contributed by atoms with van der Waals surface area (Å²) in [6.45, 7) is 4.23. The van der Waals surface area contributed by atoms with Gasteiger partial charge in [-0.3, -0.25) is 9.59 Å². The lowest BCUT2D eigenvalue weighted by Crippen LogP contribution is -2.45. The number of benzene rings is 1. The second-order valence-electron chi connectivity index (χ2n) is 6.86. The zero-order chi connectivity index (χ0) is 18.7. The van der Waals surface area contributed by atoms with E-state index in [-0.39, 0.29) is 16.7 Å². The van der Waals surface area contributed by atoms with Crippen molar-refractivity contribution in [3.05, 3.63) is 29.8 Å². The average Bonchev–Trinajstić information content (AvgIpc) is 3.34. The Morgan fingerprint density at radius 3 is 2.08 bits per heavy atom. The summed E-state index contributed by atoms with van der Waals surface area (Å²) in [5, 5.41) is 2.70. The Bertz CT molecular complexity index is 764. The molecule has 1 N–H and O–H groups in total. The van der Waals surface area contributed by atoms with Crippen molar-refractivity contribution >= 4 is 21.8 Å². The van der Waals surface area contributed by atoms with Gasteiger partial charge in [-0.15, -0.1) is 0 Å². The summed E-state index contributed by atoms with van der Waals surface area (Å²) in [5.41, 5.74) is 0.339. The average molecular weight is 379 g/mol. The van der Waals surface area contributed by atoms with Gasteiger partial charge in [0.2, 0.25) is 15.9 Å². The van der Waals surface area contributed by atoms with E-state index in [1.54, 1.807) is 11.8 Å². The molecule has 142 valence electrons. The summed E-state index contributed by atoms with van der Waals surface area (Å²) in [6, 6.07) is 5.29. The number of likely N-dealkylation sites (tertiary alicyclic amines) is 1. The predicted octanol–water partition coefficient (Wildman–Crippen LogP) is 1.21. The predicted molar refractivity (Wildman–Crippen MR) is 97.2 cm³/mol. The first-order valence-corrected chi connectivity index (χ1v) is 10.5. The molecule has 3 rings (SSSR count). The van der Waals surface area contributed by atoms with Crippen LogP contribution in [-0.2, 0) is 14.8 Å². The van der Waals surface area contributed by atoms with Gasteiger partial charge in [-0.1, -0.05) is 0 Å². The third-order valence-electron chi connectivity index (χ3n) is 4.96. The number of carbonyl (C=O) groups excluding carboxylic acids is 2. The van der Waals surface area contributed by atoms with Gasteiger partial charge < -0.3 is 10.2 Å². The third-order valence-corrected chi connectivity index (χ3v) is 6.87. The maximum atomic E-state index is 12.5. The molecule has 0 aliphatic carbocycles. The van der Waals surface area contributed by atoms with Gasteiger partial charge in [0, 0.05) is 31.7 Å². The number of hydrogen-bond donors (Lipinski definition) is 1. The quantitative estimate of drug-likeness (QED) is 0.833. The summed E-state index contributed by atoms with van der Waals surface area (Å²) in [4.78, 5) is 26.6. The molecule has 26 heavy (non-hydrogen) atoms. The summed E-state index contributed by atoms with van der Waals surface area (Å²) in [5.74, 6) is -0.459. The highest BCUT2D eigenvalue weighted by Gasteiger charge is 2.28. The van der Waals surface area contributed by atoms with E-state index in [2.05, 4.69) is 5.32 Å². The molecule has 0 aromatic heterocycles. The maximum absolute atomic E-state index is 12.5. The number of sulfonamides is 1. The molecule has 2 saturated heterocycles. The fraction of sp³-hybridized carbons (Fsp3) is 0.556. The standard InChI is InChI=1S/C18H25N3O4S/c1-14(18(23)20-10-2-3-11-20)19-17(22)15-6-8-16(9-7-15)26(24,25)21-12-4-5-13-21/h6-9,14H,2-5,10-13H2,1H3,(H,19,22)/t14-/m1/s1. The lowest BCUT2D eigenvalue weighted by Gasteiger charge is -2.21. The SMILES string of the molecule is C[C@@H](NC(=O)c1ccc(S(=O)(=O)N2CCCC2)cc1)C(=O)N1CCCC1. The van der Waals surface area contributed by atoms with Crippen LogP contribution in [0.15, 0.2) is 29.2 Å². The smallest absolute Gasteiger partial charge is 0.251 e. The summed E-state index contributed by atoms with van der Waals surface area (Å²) < 4.78 is 26.5. The molecule has 0 unspecified atom stereocenters. The van der Waals surface area contributed by atoms with Crippen molar-refractivity contribution in [1.29, 1.82) is 0 Å². The van der Waals surface area contributed by atoms with Gasteiger partial charge >= 0.3 is 0 Å². The van der Waals surface area contributed by atoms with Gasteiger partial charge in [0.25, 0.3) is 5.91 Å². The summed E-state index contributed by atoms with van der Waals surface area (Å²) in [7, 11) is -3.49. The topological polar surface area (TPSA) is 86.8 Å². The van der Waals surface area contributed by atoms with Crippen molar-refractivity contribution in [3.63, 3.8) is 0 Å². The van der Waals surface area contributed by atoms with Gasteiger partial charge in [0.1, 0.15) is 6.04 Å². The van der Waals surface area contributed by atoms with E-state index in [0.717, 1.165) is 38.8 Å². The Morgan fingerprint density at radius 1 is 0.962 bits per heavy atom. The van der Waals surface area contributed by atoms with E-state index in [1.165, 1.54) is 28.6 Å². The summed E-state index contributed by atoms with van der Waals surface area (Å²) in [6.07, 6.45) is 3.75. The highest BCUT2D eigenvalue weighted by atomic mass is 32.2. The molecule has 1 aromatic carbocycles. The molecule has 2 heterocycles. The van der Waals surface area contributed by atoms with Crippen LogP contribution in [0.3, 0.4) is 0 Å². The molecule has 0 spiro atoms. The number of carbonyl (C=O) groups is 2. The lowest BCUT2D eigenvalue weighted by atomic mass is 10.2. The van der Waals surface area contributed by atoms with Gasteiger partial charge in [-0.05, 0) is 56.9 Å². The third kappa shape index (κ3) is 3.91. The van der Waals surface area contributed by atoms with E-state index < -0.39 is 16.1 Å². The Balaban J connectivity index is 1.64. The van der Waals surface area contributed by atoms with E-state index >= 15 is 0 Å². The van der Waals surface area contributed by atoms with E-state index in [9.17, 15) is 18.0 Å². The molecule has 1 atom stereocenters. The van der Waals surface area contributed by atoms with Crippen molar-refractivity contribution in [2.45, 2.75) is 43.5 Å². The first-order chi connectivity index (χ1) is 12.4. The van der Waals surface area contributed by atoms with Crippen LogP contribution >= 0.6 is 0 Å². The molecule has 1 aromatic rings. The van der Waals surface area contributed by atoms with E-state index in [0.29, 0.717) is 18.7 Å². The molecular formula is C18H25N3O4S. The van der Waals surface area contributed by atoms with Crippen LogP contribution in [0.1, 0.15) is 43.0 Å². The van der Waals surface area contributed by atoms with Gasteiger partial charge in [0.05, 0.1) is 4.90 Å². The number of hydrogen-bond acceptors (Lipinski definition) is 4. The molecule has 2 amide bonds. The van der Waals surface area contributed by atoms with Gasteiger partial charge in [-0.2, -0.15) is 4.31 Å². The monoisotopic (exact) mass is 379 g/mol. The second-order valence-corrected chi connectivity index (χ2v) is 8.80. The second kappa shape index (κ2) is 7.75. The minimum absolute atomic E-state index is 0.0796. The Morgan fingerprint density at radius 2 is 1.50 bits per heavy atom. The highest BCUT2D eigenvalue weighted by Crippen LogP contribution is 2.21. The zero-order valence-corrected chi connectivity index (χ0v) is 15.8. The fourth-order valence-corrected chi connectivity index (χ4v) is 4.93. The zero-order valence-electron chi connectivity index (χ0n) is 15.0. The molecule has 0 bridgehead atoms. The van der Waals surface area contributed by atoms with Crippen LogP contribution < -0.4 is 5.32 Å². The fourth-order valence-electron chi connectivity index (χ4n) is 3.41. The van der Waals surface area contributed by atoms with Crippen molar-refractivity contribution in [2.24, 2.45) is 0 Å². The van der Waals surface area contributed by atoms with Crippen LogP contribution in [0.2, 0.25) is 0 Å². The Labute approximate surface area is 154 Å². The van der Waals surface area contributed by atoms with Crippen LogP contribution in [0.5, 0.6) is 0 Å². The molecule has 0 radical (unpaired) electrons. The largest absolute Gasteiger partial charge is 0.341 e. The lowest BCUT2D eigenvalue weighted by molar-refractivity contribution is -0.131. The number of rotatable bonds is 5. The van der Waals surface area contributed by atoms with Crippen LogP contribution in [0.4, 0.5) is 0 Å². The Kier molecular flexibility index (Phi) is 5.62. The number of amides is 2. The van der Waals surface area contributed by atoms with Crippen LogP contribution in [0, 0.1) is 0 Å². The number of nitrogens with zero attached hydrogens (tertiary/aromatic N) is 2. The first kappa shape index (κ1) is 18.8. The molecule has 2 aliphatic heterocycles. The van der Waals surface area contributed by atoms with Crippen molar-refractivity contribution < 1.29 is 18.0 Å². The van der Waals surface area contributed by atoms with Crippen LogP contribution in [-0.4, -0.2) is 61.7 Å². The molecule has 8 heteroatoms. The van der Waals surface area contributed by atoms with Crippen molar-refractivity contribution in [1.82, 2.24) is 14.5 Å².